The third kappa shape index (κ3) is 3.98. The molecule has 1 N–H and O–H groups in total. The van der Waals surface area contributed by atoms with Crippen molar-refractivity contribution in [1.29, 1.82) is 0 Å². The van der Waals surface area contributed by atoms with Crippen molar-refractivity contribution in [3.05, 3.63) is 5.89 Å². The molecule has 0 amide bonds. The molecule has 0 bridgehead atoms. The van der Waals surface area contributed by atoms with Gasteiger partial charge in [0.05, 0.1) is 0 Å². The van der Waals surface area contributed by atoms with Gasteiger partial charge in [-0.1, -0.05) is 13.8 Å². The Labute approximate surface area is 109 Å². The van der Waals surface area contributed by atoms with Gasteiger partial charge in [-0.25, -0.2) is 0 Å². The predicted molar refractivity (Wildman–Crippen MR) is 71.8 cm³/mol. The number of aromatic nitrogens is 2. The molecule has 0 atom stereocenters. The largest absolute Gasteiger partial charge is 0.338 e. The van der Waals surface area contributed by atoms with Gasteiger partial charge in [0.1, 0.15) is 0 Å². The summed E-state index contributed by atoms with van der Waals surface area (Å²) >= 11 is 0. The van der Waals surface area contributed by atoms with Crippen LogP contribution in [0.5, 0.6) is 0 Å². The first-order valence-electron chi connectivity index (χ1n) is 7.06. The summed E-state index contributed by atoms with van der Waals surface area (Å²) in [6, 6.07) is 0.539. The SMILES string of the molecule is CC(C)NCCCc1nc(N2CCCCC2)no1. The average Bonchev–Trinajstić information content (AvgIpc) is 2.84. The summed E-state index contributed by atoms with van der Waals surface area (Å²) in [4.78, 5) is 6.70. The minimum atomic E-state index is 0.539. The maximum absolute atomic E-state index is 5.29. The normalized spacial score (nSPS) is 16.5. The van der Waals surface area contributed by atoms with Crippen molar-refractivity contribution in [2.45, 2.75) is 52.0 Å². The van der Waals surface area contributed by atoms with Gasteiger partial charge >= 0.3 is 0 Å². The Bertz CT molecular complexity index is 345. The first-order chi connectivity index (χ1) is 8.75. The molecule has 0 aromatic carbocycles. The highest BCUT2D eigenvalue weighted by molar-refractivity contribution is 5.27. The zero-order valence-electron chi connectivity index (χ0n) is 11.5. The number of nitrogens with zero attached hydrogens (tertiary/aromatic N) is 3. The van der Waals surface area contributed by atoms with Gasteiger partial charge in [0.25, 0.3) is 5.95 Å². The van der Waals surface area contributed by atoms with Crippen LogP contribution in [0.4, 0.5) is 5.95 Å². The van der Waals surface area contributed by atoms with E-state index in [1.54, 1.807) is 0 Å². The number of nitrogens with one attached hydrogen (secondary N) is 1. The van der Waals surface area contributed by atoms with Gasteiger partial charge in [-0.3, -0.25) is 0 Å². The molecule has 102 valence electrons. The van der Waals surface area contributed by atoms with E-state index in [2.05, 4.69) is 34.2 Å². The lowest BCUT2D eigenvalue weighted by Gasteiger charge is -2.24. The molecule has 5 nitrogen and oxygen atoms in total. The lowest BCUT2D eigenvalue weighted by molar-refractivity contribution is 0.371. The van der Waals surface area contributed by atoms with Crippen molar-refractivity contribution in [2.24, 2.45) is 0 Å². The number of hydrogen-bond donors (Lipinski definition) is 1. The molecule has 2 heterocycles. The lowest BCUT2D eigenvalue weighted by atomic mass is 10.1. The van der Waals surface area contributed by atoms with E-state index in [-0.39, 0.29) is 0 Å². The molecular formula is C13H24N4O. The summed E-state index contributed by atoms with van der Waals surface area (Å²) in [5.74, 6) is 1.54. The number of hydrogen-bond acceptors (Lipinski definition) is 5. The molecule has 18 heavy (non-hydrogen) atoms. The molecule has 1 aromatic rings. The monoisotopic (exact) mass is 252 g/mol. The van der Waals surface area contributed by atoms with E-state index in [1.165, 1.54) is 19.3 Å². The van der Waals surface area contributed by atoms with E-state index in [1.807, 2.05) is 0 Å². The van der Waals surface area contributed by atoms with E-state index in [9.17, 15) is 0 Å². The van der Waals surface area contributed by atoms with Crippen LogP contribution in [0.3, 0.4) is 0 Å². The summed E-state index contributed by atoms with van der Waals surface area (Å²) in [5.41, 5.74) is 0. The van der Waals surface area contributed by atoms with Crippen molar-refractivity contribution >= 4 is 5.95 Å². The van der Waals surface area contributed by atoms with Crippen molar-refractivity contribution in [3.8, 4) is 0 Å². The average molecular weight is 252 g/mol. The Balaban J connectivity index is 1.75. The quantitative estimate of drug-likeness (QED) is 0.785. The van der Waals surface area contributed by atoms with Crippen molar-refractivity contribution in [1.82, 2.24) is 15.5 Å². The highest BCUT2D eigenvalue weighted by Crippen LogP contribution is 2.16. The van der Waals surface area contributed by atoms with Crippen LogP contribution in [0.2, 0.25) is 0 Å². The van der Waals surface area contributed by atoms with Crippen molar-refractivity contribution in [3.63, 3.8) is 0 Å². The minimum absolute atomic E-state index is 0.539. The molecule has 1 aliphatic rings. The Hall–Kier alpha value is -1.10. The van der Waals surface area contributed by atoms with Crippen LogP contribution in [0.1, 0.15) is 45.4 Å². The fourth-order valence-electron chi connectivity index (χ4n) is 2.20. The van der Waals surface area contributed by atoms with Crippen LogP contribution < -0.4 is 10.2 Å². The van der Waals surface area contributed by atoms with E-state index < -0.39 is 0 Å². The van der Waals surface area contributed by atoms with E-state index in [0.29, 0.717) is 6.04 Å². The first kappa shape index (κ1) is 13.3. The van der Waals surface area contributed by atoms with Gasteiger partial charge in [0, 0.05) is 25.6 Å². The summed E-state index contributed by atoms with van der Waals surface area (Å²) < 4.78 is 5.29. The number of anilines is 1. The molecule has 1 saturated heterocycles. The highest BCUT2D eigenvalue weighted by Gasteiger charge is 2.16. The summed E-state index contributed by atoms with van der Waals surface area (Å²) in [7, 11) is 0. The lowest BCUT2D eigenvalue weighted by Crippen LogP contribution is -2.30. The van der Waals surface area contributed by atoms with Crippen molar-refractivity contribution < 1.29 is 4.52 Å². The molecule has 0 spiro atoms. The molecule has 0 aliphatic carbocycles. The van der Waals surface area contributed by atoms with Gasteiger partial charge in [0.2, 0.25) is 5.89 Å². The summed E-state index contributed by atoms with van der Waals surface area (Å²) in [6.07, 6.45) is 5.70. The standard InChI is InChI=1S/C13H24N4O/c1-11(2)14-8-6-7-12-15-13(16-18-12)17-9-4-3-5-10-17/h11,14H,3-10H2,1-2H3. The van der Waals surface area contributed by atoms with Crippen molar-refractivity contribution in [2.75, 3.05) is 24.5 Å². The maximum atomic E-state index is 5.29. The van der Waals surface area contributed by atoms with Gasteiger partial charge in [-0.15, -0.1) is 0 Å². The Morgan fingerprint density at radius 3 is 2.78 bits per heavy atom. The van der Waals surface area contributed by atoms with Crippen LogP contribution in [-0.2, 0) is 6.42 Å². The maximum Gasteiger partial charge on any atom is 0.266 e. The Morgan fingerprint density at radius 1 is 1.28 bits per heavy atom. The molecule has 2 rings (SSSR count). The van der Waals surface area contributed by atoms with Crippen LogP contribution in [-0.4, -0.2) is 35.8 Å². The van der Waals surface area contributed by atoms with Crippen LogP contribution in [0, 0.1) is 0 Å². The molecule has 0 saturated carbocycles. The fraction of sp³-hybridized carbons (Fsp3) is 0.846. The zero-order valence-corrected chi connectivity index (χ0v) is 11.5. The molecular weight excluding hydrogens is 228 g/mol. The first-order valence-corrected chi connectivity index (χ1v) is 7.06. The van der Waals surface area contributed by atoms with E-state index >= 15 is 0 Å². The predicted octanol–water partition coefficient (Wildman–Crippen LogP) is 1.99. The number of rotatable bonds is 6. The van der Waals surface area contributed by atoms with Crippen LogP contribution >= 0.6 is 0 Å². The van der Waals surface area contributed by atoms with Gasteiger partial charge in [0.15, 0.2) is 0 Å². The third-order valence-corrected chi connectivity index (χ3v) is 3.22. The van der Waals surface area contributed by atoms with E-state index in [4.69, 9.17) is 4.52 Å². The van der Waals surface area contributed by atoms with Crippen LogP contribution in [0.15, 0.2) is 4.52 Å². The molecule has 1 aliphatic heterocycles. The Kier molecular flexibility index (Phi) is 4.99. The minimum Gasteiger partial charge on any atom is -0.338 e. The smallest absolute Gasteiger partial charge is 0.266 e. The van der Waals surface area contributed by atoms with Gasteiger partial charge in [-0.2, -0.15) is 4.98 Å². The second-order valence-electron chi connectivity index (χ2n) is 5.25. The van der Waals surface area contributed by atoms with Gasteiger partial charge in [-0.05, 0) is 37.4 Å². The summed E-state index contributed by atoms with van der Waals surface area (Å²) in [6.45, 7) is 7.43. The fourth-order valence-corrected chi connectivity index (χ4v) is 2.20. The topological polar surface area (TPSA) is 54.2 Å². The second kappa shape index (κ2) is 6.73. The molecule has 1 fully saturated rings. The second-order valence-corrected chi connectivity index (χ2v) is 5.25. The zero-order chi connectivity index (χ0) is 12.8. The Morgan fingerprint density at radius 2 is 2.06 bits per heavy atom. The summed E-state index contributed by atoms with van der Waals surface area (Å²) in [5, 5.41) is 7.46. The van der Waals surface area contributed by atoms with Gasteiger partial charge < -0.3 is 14.7 Å². The van der Waals surface area contributed by atoms with E-state index in [0.717, 1.165) is 44.3 Å². The highest BCUT2D eigenvalue weighted by atomic mass is 16.5. The third-order valence-electron chi connectivity index (χ3n) is 3.22. The number of piperidine rings is 1. The molecule has 0 unspecified atom stereocenters. The molecule has 1 aromatic heterocycles. The number of aryl methyl sites for hydroxylation is 1. The van der Waals surface area contributed by atoms with Crippen LogP contribution in [0.25, 0.3) is 0 Å². The molecule has 5 heteroatoms. The molecule has 0 radical (unpaired) electrons.